The molecule has 0 aromatic heterocycles. The van der Waals surface area contributed by atoms with Crippen LogP contribution in [0.5, 0.6) is 5.75 Å². The van der Waals surface area contributed by atoms with Crippen LogP contribution in [0, 0.1) is 5.82 Å². The number of sulfonamides is 1. The predicted octanol–water partition coefficient (Wildman–Crippen LogP) is 3.52. The van der Waals surface area contributed by atoms with E-state index in [1.54, 1.807) is 44.4 Å². The summed E-state index contributed by atoms with van der Waals surface area (Å²) in [5.41, 5.74) is 0.773. The molecule has 0 bridgehead atoms. The number of likely N-dealkylation sites (N-methyl/N-ethyl adjacent to an activating group) is 1. The third-order valence-corrected chi connectivity index (χ3v) is 6.33. The Morgan fingerprint density at radius 1 is 1.14 bits per heavy atom. The van der Waals surface area contributed by atoms with Crippen molar-refractivity contribution < 1.29 is 22.3 Å². The van der Waals surface area contributed by atoms with Crippen LogP contribution < -0.4 is 4.74 Å². The van der Waals surface area contributed by atoms with Gasteiger partial charge in [0.1, 0.15) is 11.6 Å². The van der Waals surface area contributed by atoms with Crippen LogP contribution in [0.4, 0.5) is 4.39 Å². The molecule has 1 aliphatic rings. The molecule has 0 N–H and O–H groups in total. The first-order valence-electron chi connectivity index (χ1n) is 8.30. The number of nitrogens with zero attached hydrogens (tertiary/aromatic N) is 2. The van der Waals surface area contributed by atoms with Gasteiger partial charge in [-0.2, -0.15) is 8.42 Å². The normalized spacial score (nSPS) is 17.5. The van der Waals surface area contributed by atoms with Crippen LogP contribution in [0.1, 0.15) is 12.5 Å². The lowest BCUT2D eigenvalue weighted by Crippen LogP contribution is -2.29. The number of ether oxygens (including phenoxy) is 1. The van der Waals surface area contributed by atoms with Crippen LogP contribution in [-0.2, 0) is 14.8 Å². The van der Waals surface area contributed by atoms with Crippen molar-refractivity contribution >= 4 is 38.9 Å². The van der Waals surface area contributed by atoms with Gasteiger partial charge in [0.25, 0.3) is 15.9 Å². The molecule has 2 aromatic carbocycles. The SMILES string of the molecule is CCN1C(=O)/C(=C/c2ccc(OC)cc2)S/C1=N\S(=O)(=O)c1ccc(F)cc1. The molecule has 0 radical (unpaired) electrons. The summed E-state index contributed by atoms with van der Waals surface area (Å²) in [5.74, 6) is -0.177. The van der Waals surface area contributed by atoms with Gasteiger partial charge in [-0.3, -0.25) is 9.69 Å². The van der Waals surface area contributed by atoms with Gasteiger partial charge in [-0.1, -0.05) is 12.1 Å². The molecule has 6 nitrogen and oxygen atoms in total. The molecular formula is C19H17FN2O4S2. The van der Waals surface area contributed by atoms with E-state index in [0.717, 1.165) is 41.6 Å². The minimum Gasteiger partial charge on any atom is -0.497 e. The molecule has 146 valence electrons. The summed E-state index contributed by atoms with van der Waals surface area (Å²) in [5, 5.41) is 0.0663. The average Bonchev–Trinajstić information content (AvgIpc) is 2.96. The predicted molar refractivity (Wildman–Crippen MR) is 107 cm³/mol. The molecule has 1 heterocycles. The van der Waals surface area contributed by atoms with Gasteiger partial charge >= 0.3 is 0 Å². The summed E-state index contributed by atoms with van der Waals surface area (Å²) in [6.45, 7) is 2.00. The molecule has 0 saturated carbocycles. The molecular weight excluding hydrogens is 403 g/mol. The van der Waals surface area contributed by atoms with Crippen molar-refractivity contribution in [1.29, 1.82) is 0 Å². The van der Waals surface area contributed by atoms with Gasteiger partial charge in [-0.05, 0) is 66.7 Å². The number of amidine groups is 1. The number of carbonyl (C=O) groups excluding carboxylic acids is 1. The Labute approximate surface area is 166 Å². The van der Waals surface area contributed by atoms with E-state index in [-0.39, 0.29) is 22.5 Å². The Balaban J connectivity index is 1.93. The number of rotatable bonds is 5. The Kier molecular flexibility index (Phi) is 5.85. The van der Waals surface area contributed by atoms with Crippen molar-refractivity contribution in [1.82, 2.24) is 4.90 Å². The Hall–Kier alpha value is -2.65. The third kappa shape index (κ3) is 4.26. The highest BCUT2D eigenvalue weighted by molar-refractivity contribution is 8.19. The molecule has 3 rings (SSSR count). The van der Waals surface area contributed by atoms with Crippen LogP contribution in [-0.4, -0.2) is 38.0 Å². The van der Waals surface area contributed by atoms with E-state index in [4.69, 9.17) is 4.74 Å². The van der Waals surface area contributed by atoms with Crippen LogP contribution in [0.3, 0.4) is 0 Å². The number of carbonyl (C=O) groups is 1. The third-order valence-electron chi connectivity index (χ3n) is 3.93. The highest BCUT2D eigenvalue weighted by Crippen LogP contribution is 2.33. The van der Waals surface area contributed by atoms with Crippen molar-refractivity contribution in [3.05, 3.63) is 64.8 Å². The van der Waals surface area contributed by atoms with Crippen molar-refractivity contribution in [3.63, 3.8) is 0 Å². The van der Waals surface area contributed by atoms with Gasteiger partial charge in [-0.25, -0.2) is 4.39 Å². The number of amides is 1. The van der Waals surface area contributed by atoms with Crippen molar-refractivity contribution in [3.8, 4) is 5.75 Å². The molecule has 0 atom stereocenters. The second-order valence-corrected chi connectivity index (χ2v) is 8.35. The van der Waals surface area contributed by atoms with Crippen LogP contribution in [0.25, 0.3) is 6.08 Å². The number of hydrogen-bond donors (Lipinski definition) is 0. The summed E-state index contributed by atoms with van der Waals surface area (Å²) in [6.07, 6.45) is 1.67. The van der Waals surface area contributed by atoms with Gasteiger partial charge in [0.15, 0.2) is 5.17 Å². The van der Waals surface area contributed by atoms with Gasteiger partial charge < -0.3 is 4.74 Å². The van der Waals surface area contributed by atoms with E-state index < -0.39 is 15.8 Å². The number of benzene rings is 2. The zero-order valence-electron chi connectivity index (χ0n) is 15.1. The van der Waals surface area contributed by atoms with E-state index in [1.807, 2.05) is 0 Å². The maximum Gasteiger partial charge on any atom is 0.284 e. The zero-order valence-corrected chi connectivity index (χ0v) is 16.8. The zero-order chi connectivity index (χ0) is 20.3. The van der Waals surface area contributed by atoms with Crippen molar-refractivity contribution in [2.45, 2.75) is 11.8 Å². The number of halogens is 1. The Morgan fingerprint density at radius 3 is 2.36 bits per heavy atom. The van der Waals surface area contributed by atoms with E-state index in [9.17, 15) is 17.6 Å². The minimum atomic E-state index is -4.07. The molecule has 0 unspecified atom stereocenters. The lowest BCUT2D eigenvalue weighted by atomic mass is 10.2. The molecule has 1 fully saturated rings. The number of hydrogen-bond acceptors (Lipinski definition) is 5. The van der Waals surface area contributed by atoms with Crippen molar-refractivity contribution in [2.75, 3.05) is 13.7 Å². The van der Waals surface area contributed by atoms with E-state index in [1.165, 1.54) is 4.90 Å². The quantitative estimate of drug-likeness (QED) is 0.692. The fraction of sp³-hybridized carbons (Fsp3) is 0.158. The summed E-state index contributed by atoms with van der Waals surface area (Å²) >= 11 is 0.984. The highest BCUT2D eigenvalue weighted by Gasteiger charge is 2.34. The van der Waals surface area contributed by atoms with E-state index in [2.05, 4.69) is 4.40 Å². The van der Waals surface area contributed by atoms with Gasteiger partial charge in [0, 0.05) is 6.54 Å². The molecule has 0 spiro atoms. The Bertz CT molecular complexity index is 1050. The first-order valence-corrected chi connectivity index (χ1v) is 10.6. The molecule has 1 aliphatic heterocycles. The van der Waals surface area contributed by atoms with Gasteiger partial charge in [-0.15, -0.1) is 4.40 Å². The summed E-state index contributed by atoms with van der Waals surface area (Å²) < 4.78 is 47.0. The van der Waals surface area contributed by atoms with Crippen LogP contribution >= 0.6 is 11.8 Å². The number of thioether (sulfide) groups is 1. The van der Waals surface area contributed by atoms with Crippen molar-refractivity contribution in [2.24, 2.45) is 4.40 Å². The second kappa shape index (κ2) is 8.15. The lowest BCUT2D eigenvalue weighted by molar-refractivity contribution is -0.122. The summed E-state index contributed by atoms with van der Waals surface area (Å²) in [6, 6.07) is 11.5. The fourth-order valence-corrected chi connectivity index (χ4v) is 4.71. The molecule has 9 heteroatoms. The van der Waals surface area contributed by atoms with Crippen LogP contribution in [0.2, 0.25) is 0 Å². The standard InChI is InChI=1S/C19H17FN2O4S2/c1-3-22-18(23)17(12-13-4-8-15(26-2)9-5-13)27-19(22)21-28(24,25)16-10-6-14(20)7-11-16/h4-12H,3H2,1-2H3/b17-12-,21-19-. The first kappa shape index (κ1) is 20.1. The number of methoxy groups -OCH3 is 1. The molecule has 0 aliphatic carbocycles. The maximum absolute atomic E-state index is 13.1. The minimum absolute atomic E-state index is 0.0663. The monoisotopic (exact) mass is 420 g/mol. The van der Waals surface area contributed by atoms with Crippen LogP contribution in [0.15, 0.2) is 62.7 Å². The molecule has 2 aromatic rings. The fourth-order valence-electron chi connectivity index (χ4n) is 2.47. The first-order chi connectivity index (χ1) is 13.3. The molecule has 1 amide bonds. The molecule has 28 heavy (non-hydrogen) atoms. The van der Waals surface area contributed by atoms with Gasteiger partial charge in [0.05, 0.1) is 16.9 Å². The maximum atomic E-state index is 13.1. The Morgan fingerprint density at radius 2 is 1.79 bits per heavy atom. The smallest absolute Gasteiger partial charge is 0.284 e. The summed E-state index contributed by atoms with van der Waals surface area (Å²) in [7, 11) is -2.51. The highest BCUT2D eigenvalue weighted by atomic mass is 32.2. The van der Waals surface area contributed by atoms with E-state index >= 15 is 0 Å². The lowest BCUT2D eigenvalue weighted by Gasteiger charge is -2.11. The average molecular weight is 420 g/mol. The summed E-state index contributed by atoms with van der Waals surface area (Å²) in [4.78, 5) is 14.1. The topological polar surface area (TPSA) is 76.0 Å². The largest absolute Gasteiger partial charge is 0.497 e. The van der Waals surface area contributed by atoms with Gasteiger partial charge in [0.2, 0.25) is 0 Å². The molecule has 1 saturated heterocycles. The van der Waals surface area contributed by atoms with E-state index in [0.29, 0.717) is 10.7 Å². The second-order valence-electron chi connectivity index (χ2n) is 5.74.